The van der Waals surface area contributed by atoms with Crippen LogP contribution in [0.3, 0.4) is 0 Å². The third-order valence-electron chi connectivity index (χ3n) is 3.32. The quantitative estimate of drug-likeness (QED) is 0.719. The topological polar surface area (TPSA) is 83.5 Å². The predicted octanol–water partition coefficient (Wildman–Crippen LogP) is 1.97. The van der Waals surface area contributed by atoms with Crippen LogP contribution in [0.15, 0.2) is 29.2 Å². The van der Waals surface area contributed by atoms with Gasteiger partial charge in [-0.1, -0.05) is 32.9 Å². The summed E-state index contributed by atoms with van der Waals surface area (Å²) in [5.41, 5.74) is 0.0635. The number of benzene rings is 1. The van der Waals surface area contributed by atoms with Gasteiger partial charge in [-0.2, -0.15) is 0 Å². The standard InChI is InChI=1S/C15H23NO4S/c1-4-14(18)12-6-5-7-13(10-12)21(19,20)16-11-15(2,3)8-9-17/h5-7,10,16-17H,4,8-9,11H2,1-3H3. The van der Waals surface area contributed by atoms with Crippen LogP contribution in [0, 0.1) is 5.41 Å². The molecule has 0 bridgehead atoms. The van der Waals surface area contributed by atoms with E-state index in [2.05, 4.69) is 4.72 Å². The first kappa shape index (κ1) is 17.8. The van der Waals surface area contributed by atoms with Crippen LogP contribution in [0.5, 0.6) is 0 Å². The molecule has 118 valence electrons. The lowest BCUT2D eigenvalue weighted by molar-refractivity contribution is 0.0988. The van der Waals surface area contributed by atoms with Crippen molar-refractivity contribution in [2.24, 2.45) is 5.41 Å². The summed E-state index contributed by atoms with van der Waals surface area (Å²) in [4.78, 5) is 11.7. The maximum Gasteiger partial charge on any atom is 0.240 e. The number of Topliss-reactive ketones (excluding diaryl/α,β-unsaturated/α-hetero) is 1. The van der Waals surface area contributed by atoms with Gasteiger partial charge in [-0.25, -0.2) is 13.1 Å². The second-order valence-electron chi connectivity index (χ2n) is 5.77. The van der Waals surface area contributed by atoms with E-state index in [9.17, 15) is 13.2 Å². The molecule has 0 radical (unpaired) electrons. The molecule has 0 fully saturated rings. The number of nitrogens with one attached hydrogen (secondary N) is 1. The van der Waals surface area contributed by atoms with Gasteiger partial charge in [0.2, 0.25) is 10.0 Å². The van der Waals surface area contributed by atoms with Gasteiger partial charge in [0.1, 0.15) is 0 Å². The highest BCUT2D eigenvalue weighted by Crippen LogP contribution is 2.20. The van der Waals surface area contributed by atoms with E-state index in [1.807, 2.05) is 13.8 Å². The molecule has 0 atom stereocenters. The van der Waals surface area contributed by atoms with E-state index < -0.39 is 10.0 Å². The third-order valence-corrected chi connectivity index (χ3v) is 4.72. The van der Waals surface area contributed by atoms with Crippen molar-refractivity contribution in [1.82, 2.24) is 4.72 Å². The highest BCUT2D eigenvalue weighted by Gasteiger charge is 2.22. The fraction of sp³-hybridized carbons (Fsp3) is 0.533. The molecule has 0 amide bonds. The van der Waals surface area contributed by atoms with Crippen LogP contribution in [0.4, 0.5) is 0 Å². The lowest BCUT2D eigenvalue weighted by atomic mass is 9.90. The average molecular weight is 313 g/mol. The van der Waals surface area contributed by atoms with Gasteiger partial charge in [0.05, 0.1) is 4.90 Å². The summed E-state index contributed by atoms with van der Waals surface area (Å²) in [6.45, 7) is 5.72. The zero-order chi connectivity index (χ0) is 16.1. The number of aliphatic hydroxyl groups is 1. The molecule has 0 saturated heterocycles. The number of hydrogen-bond acceptors (Lipinski definition) is 4. The van der Waals surface area contributed by atoms with Crippen molar-refractivity contribution in [2.75, 3.05) is 13.2 Å². The van der Waals surface area contributed by atoms with Gasteiger partial charge in [0.25, 0.3) is 0 Å². The Kier molecular flexibility index (Phi) is 6.07. The van der Waals surface area contributed by atoms with Crippen LogP contribution < -0.4 is 4.72 Å². The largest absolute Gasteiger partial charge is 0.396 e. The highest BCUT2D eigenvalue weighted by molar-refractivity contribution is 7.89. The van der Waals surface area contributed by atoms with Crippen molar-refractivity contribution in [1.29, 1.82) is 0 Å². The molecule has 0 aliphatic rings. The van der Waals surface area contributed by atoms with E-state index in [1.165, 1.54) is 12.1 Å². The fourth-order valence-corrected chi connectivity index (χ4v) is 3.09. The number of aliphatic hydroxyl groups excluding tert-OH is 1. The number of hydrogen-bond donors (Lipinski definition) is 2. The molecule has 2 N–H and O–H groups in total. The van der Waals surface area contributed by atoms with E-state index in [0.29, 0.717) is 18.4 Å². The second-order valence-corrected chi connectivity index (χ2v) is 7.53. The Morgan fingerprint density at radius 3 is 2.57 bits per heavy atom. The van der Waals surface area contributed by atoms with Crippen molar-refractivity contribution < 1.29 is 18.3 Å². The summed E-state index contributed by atoms with van der Waals surface area (Å²) in [7, 11) is -3.66. The van der Waals surface area contributed by atoms with E-state index in [4.69, 9.17) is 5.11 Å². The summed E-state index contributed by atoms with van der Waals surface area (Å²) in [5, 5.41) is 8.96. The molecule has 0 saturated carbocycles. The zero-order valence-electron chi connectivity index (χ0n) is 12.7. The molecule has 0 aliphatic carbocycles. The Bertz CT molecular complexity index is 593. The van der Waals surface area contributed by atoms with Gasteiger partial charge in [-0.05, 0) is 24.0 Å². The number of carbonyl (C=O) groups excluding carboxylic acids is 1. The Balaban J connectivity index is 2.91. The van der Waals surface area contributed by atoms with Crippen LogP contribution in [0.2, 0.25) is 0 Å². The minimum atomic E-state index is -3.66. The Labute approximate surface area is 126 Å². The summed E-state index contributed by atoms with van der Waals surface area (Å²) < 4.78 is 27.1. The summed E-state index contributed by atoms with van der Waals surface area (Å²) >= 11 is 0. The number of sulfonamides is 1. The van der Waals surface area contributed by atoms with Crippen LogP contribution in [0.1, 0.15) is 44.0 Å². The first-order valence-electron chi connectivity index (χ1n) is 6.95. The highest BCUT2D eigenvalue weighted by atomic mass is 32.2. The molecule has 0 heterocycles. The molecule has 0 aromatic heterocycles. The normalized spacial score (nSPS) is 12.4. The van der Waals surface area contributed by atoms with Crippen molar-refractivity contribution in [3.8, 4) is 0 Å². The van der Waals surface area contributed by atoms with Crippen molar-refractivity contribution >= 4 is 15.8 Å². The molecular weight excluding hydrogens is 290 g/mol. The molecule has 1 aromatic rings. The fourth-order valence-electron chi connectivity index (χ4n) is 1.81. The maximum atomic E-state index is 12.3. The number of carbonyl (C=O) groups is 1. The molecule has 0 unspecified atom stereocenters. The van der Waals surface area contributed by atoms with Gasteiger partial charge in [-0.15, -0.1) is 0 Å². The minimum absolute atomic E-state index is 0.00914. The van der Waals surface area contributed by atoms with E-state index >= 15 is 0 Å². The molecule has 6 heteroatoms. The zero-order valence-corrected chi connectivity index (χ0v) is 13.5. The third kappa shape index (κ3) is 5.22. The minimum Gasteiger partial charge on any atom is -0.396 e. The van der Waals surface area contributed by atoms with Crippen molar-refractivity contribution in [3.05, 3.63) is 29.8 Å². The molecule has 5 nitrogen and oxygen atoms in total. The Morgan fingerprint density at radius 1 is 1.33 bits per heavy atom. The molecule has 21 heavy (non-hydrogen) atoms. The smallest absolute Gasteiger partial charge is 0.240 e. The lowest BCUT2D eigenvalue weighted by Gasteiger charge is -2.23. The summed E-state index contributed by atoms with van der Waals surface area (Å²) in [5.74, 6) is -0.0901. The summed E-state index contributed by atoms with van der Waals surface area (Å²) in [6.07, 6.45) is 0.838. The molecule has 0 aliphatic heterocycles. The van der Waals surface area contributed by atoms with Gasteiger partial charge >= 0.3 is 0 Å². The van der Waals surface area contributed by atoms with E-state index in [-0.39, 0.29) is 29.2 Å². The van der Waals surface area contributed by atoms with Gasteiger partial charge < -0.3 is 5.11 Å². The SMILES string of the molecule is CCC(=O)c1cccc(S(=O)(=O)NCC(C)(C)CCO)c1. The lowest BCUT2D eigenvalue weighted by Crippen LogP contribution is -2.34. The van der Waals surface area contributed by atoms with Crippen LogP contribution in [-0.2, 0) is 10.0 Å². The first-order chi connectivity index (χ1) is 9.72. The Morgan fingerprint density at radius 2 is 2.00 bits per heavy atom. The van der Waals surface area contributed by atoms with Crippen LogP contribution in [-0.4, -0.2) is 32.5 Å². The van der Waals surface area contributed by atoms with Gasteiger partial charge in [0.15, 0.2) is 5.78 Å². The van der Waals surface area contributed by atoms with Gasteiger partial charge in [-0.3, -0.25) is 4.79 Å². The second kappa shape index (κ2) is 7.15. The van der Waals surface area contributed by atoms with Crippen molar-refractivity contribution in [3.63, 3.8) is 0 Å². The number of rotatable bonds is 8. The van der Waals surface area contributed by atoms with Crippen LogP contribution in [0.25, 0.3) is 0 Å². The molecule has 1 rings (SSSR count). The van der Waals surface area contributed by atoms with Crippen LogP contribution >= 0.6 is 0 Å². The molecule has 1 aromatic carbocycles. The van der Waals surface area contributed by atoms with E-state index in [0.717, 1.165) is 0 Å². The molecular formula is C15H23NO4S. The predicted molar refractivity (Wildman–Crippen MR) is 81.7 cm³/mol. The monoisotopic (exact) mass is 313 g/mol. The Hall–Kier alpha value is -1.24. The van der Waals surface area contributed by atoms with Crippen molar-refractivity contribution in [2.45, 2.75) is 38.5 Å². The number of ketones is 1. The maximum absolute atomic E-state index is 12.3. The average Bonchev–Trinajstić information content (AvgIpc) is 2.45. The van der Waals surface area contributed by atoms with E-state index in [1.54, 1.807) is 19.1 Å². The molecule has 0 spiro atoms. The van der Waals surface area contributed by atoms with Gasteiger partial charge in [0, 0.05) is 25.1 Å². The first-order valence-corrected chi connectivity index (χ1v) is 8.44. The summed E-state index contributed by atoms with van der Waals surface area (Å²) in [6, 6.07) is 6.04.